The van der Waals surface area contributed by atoms with Crippen molar-refractivity contribution >= 4 is 16.9 Å². The molecule has 1 aliphatic heterocycles. The summed E-state index contributed by atoms with van der Waals surface area (Å²) in [5.41, 5.74) is 6.84. The molecule has 3 rings (SSSR count). The highest BCUT2D eigenvalue weighted by molar-refractivity contribution is 5.86. The number of nitrogens with one attached hydrogen (secondary N) is 1. The number of aromatic amines is 1. The van der Waals surface area contributed by atoms with Gasteiger partial charge in [0.05, 0.1) is 11.6 Å². The van der Waals surface area contributed by atoms with Gasteiger partial charge in [0.25, 0.3) is 0 Å². The second kappa shape index (κ2) is 3.96. The zero-order valence-electron chi connectivity index (χ0n) is 9.80. The number of hydrogen-bond acceptors (Lipinski definition) is 5. The Morgan fingerprint density at radius 3 is 3.12 bits per heavy atom. The van der Waals surface area contributed by atoms with Crippen LogP contribution in [0.5, 0.6) is 0 Å². The van der Waals surface area contributed by atoms with E-state index >= 15 is 0 Å². The molecule has 2 unspecified atom stereocenters. The predicted octanol–water partition coefficient (Wildman–Crippen LogP) is 0.526. The van der Waals surface area contributed by atoms with Gasteiger partial charge in [-0.05, 0) is 12.3 Å². The van der Waals surface area contributed by atoms with E-state index in [9.17, 15) is 0 Å². The monoisotopic (exact) mass is 232 g/mol. The van der Waals surface area contributed by atoms with Crippen LogP contribution < -0.4 is 10.6 Å². The summed E-state index contributed by atoms with van der Waals surface area (Å²) in [6.45, 7) is 4.06. The van der Waals surface area contributed by atoms with E-state index in [2.05, 4.69) is 32.0 Å². The summed E-state index contributed by atoms with van der Waals surface area (Å²) in [5, 5.41) is 7.84. The standard InChI is InChI=1S/C11H16N6/c1-7-2-8(12)5-17(4-7)11-9-3-15-16-10(9)13-6-14-11/h3,6-8H,2,4-5,12H2,1H3,(H,13,14,15,16). The van der Waals surface area contributed by atoms with Gasteiger partial charge in [0.2, 0.25) is 0 Å². The molecule has 0 saturated carbocycles. The molecule has 6 nitrogen and oxygen atoms in total. The third kappa shape index (κ3) is 1.84. The van der Waals surface area contributed by atoms with E-state index in [1.165, 1.54) is 0 Å². The van der Waals surface area contributed by atoms with Crippen molar-refractivity contribution < 1.29 is 0 Å². The maximum absolute atomic E-state index is 6.06. The average molecular weight is 232 g/mol. The van der Waals surface area contributed by atoms with E-state index in [-0.39, 0.29) is 6.04 Å². The van der Waals surface area contributed by atoms with Crippen molar-refractivity contribution in [1.29, 1.82) is 0 Å². The molecule has 17 heavy (non-hydrogen) atoms. The fraction of sp³-hybridized carbons (Fsp3) is 0.545. The molecule has 1 saturated heterocycles. The van der Waals surface area contributed by atoms with Crippen LogP contribution >= 0.6 is 0 Å². The van der Waals surface area contributed by atoms with E-state index in [1.54, 1.807) is 12.5 Å². The highest BCUT2D eigenvalue weighted by Gasteiger charge is 2.24. The van der Waals surface area contributed by atoms with Crippen molar-refractivity contribution in [2.24, 2.45) is 11.7 Å². The fourth-order valence-electron chi connectivity index (χ4n) is 2.58. The molecule has 3 heterocycles. The Labute approximate surface area is 99.2 Å². The van der Waals surface area contributed by atoms with Crippen LogP contribution in [0.2, 0.25) is 0 Å². The van der Waals surface area contributed by atoms with Gasteiger partial charge in [-0.2, -0.15) is 5.10 Å². The number of H-pyrrole nitrogens is 1. The molecular weight excluding hydrogens is 216 g/mol. The number of anilines is 1. The first-order valence-corrected chi connectivity index (χ1v) is 5.88. The maximum atomic E-state index is 6.06. The minimum absolute atomic E-state index is 0.218. The molecule has 2 aromatic rings. The number of nitrogens with zero attached hydrogens (tertiary/aromatic N) is 4. The lowest BCUT2D eigenvalue weighted by Crippen LogP contribution is -2.46. The Bertz CT molecular complexity index is 511. The Kier molecular flexibility index (Phi) is 2.44. The van der Waals surface area contributed by atoms with E-state index in [4.69, 9.17) is 5.73 Å². The summed E-state index contributed by atoms with van der Waals surface area (Å²) in [7, 11) is 0. The lowest BCUT2D eigenvalue weighted by atomic mass is 9.96. The summed E-state index contributed by atoms with van der Waals surface area (Å²) in [4.78, 5) is 10.8. The largest absolute Gasteiger partial charge is 0.354 e. The van der Waals surface area contributed by atoms with Crippen LogP contribution in [0.4, 0.5) is 5.82 Å². The third-order valence-electron chi connectivity index (χ3n) is 3.22. The Hall–Kier alpha value is -1.69. The number of nitrogens with two attached hydrogens (primary N) is 1. The van der Waals surface area contributed by atoms with Crippen LogP contribution in [0, 0.1) is 5.92 Å². The summed E-state index contributed by atoms with van der Waals surface area (Å²) >= 11 is 0. The van der Waals surface area contributed by atoms with Crippen LogP contribution in [-0.4, -0.2) is 39.3 Å². The van der Waals surface area contributed by atoms with Gasteiger partial charge in [-0.15, -0.1) is 0 Å². The molecule has 0 spiro atoms. The molecule has 3 N–H and O–H groups in total. The van der Waals surface area contributed by atoms with Crippen LogP contribution in [0.15, 0.2) is 12.5 Å². The van der Waals surface area contributed by atoms with Gasteiger partial charge in [-0.3, -0.25) is 5.10 Å². The zero-order chi connectivity index (χ0) is 11.8. The van der Waals surface area contributed by atoms with Crippen molar-refractivity contribution in [2.75, 3.05) is 18.0 Å². The molecule has 90 valence electrons. The fourth-order valence-corrected chi connectivity index (χ4v) is 2.58. The van der Waals surface area contributed by atoms with Gasteiger partial charge in [0, 0.05) is 19.1 Å². The SMILES string of the molecule is CC1CC(N)CN(c2ncnc3[nH]ncc23)C1. The van der Waals surface area contributed by atoms with Crippen molar-refractivity contribution in [3.63, 3.8) is 0 Å². The topological polar surface area (TPSA) is 83.7 Å². The lowest BCUT2D eigenvalue weighted by Gasteiger charge is -2.35. The van der Waals surface area contributed by atoms with Crippen molar-refractivity contribution in [2.45, 2.75) is 19.4 Å². The molecule has 2 atom stereocenters. The van der Waals surface area contributed by atoms with Crippen LogP contribution in [0.3, 0.4) is 0 Å². The van der Waals surface area contributed by atoms with Crippen molar-refractivity contribution in [3.8, 4) is 0 Å². The molecule has 6 heteroatoms. The molecule has 1 aliphatic rings. The average Bonchev–Trinajstić information content (AvgIpc) is 2.75. The van der Waals surface area contributed by atoms with Gasteiger partial charge < -0.3 is 10.6 Å². The lowest BCUT2D eigenvalue weighted by molar-refractivity contribution is 0.400. The zero-order valence-corrected chi connectivity index (χ0v) is 9.80. The molecule has 0 bridgehead atoms. The third-order valence-corrected chi connectivity index (χ3v) is 3.22. The summed E-state index contributed by atoms with van der Waals surface area (Å²) in [6.07, 6.45) is 4.42. The Morgan fingerprint density at radius 1 is 1.41 bits per heavy atom. The molecule has 1 fully saturated rings. The maximum Gasteiger partial charge on any atom is 0.160 e. The summed E-state index contributed by atoms with van der Waals surface area (Å²) in [6, 6.07) is 0.218. The van der Waals surface area contributed by atoms with E-state index in [0.717, 1.165) is 36.4 Å². The van der Waals surface area contributed by atoms with Crippen LogP contribution in [0.1, 0.15) is 13.3 Å². The highest BCUT2D eigenvalue weighted by atomic mass is 15.2. The number of aromatic nitrogens is 4. The number of piperidine rings is 1. The van der Waals surface area contributed by atoms with E-state index in [0.29, 0.717) is 5.92 Å². The number of fused-ring (bicyclic) bond motifs is 1. The second-order valence-corrected chi connectivity index (χ2v) is 4.84. The predicted molar refractivity (Wildman–Crippen MR) is 65.7 cm³/mol. The smallest absolute Gasteiger partial charge is 0.160 e. The molecule has 2 aromatic heterocycles. The normalized spacial score (nSPS) is 25.4. The first-order valence-electron chi connectivity index (χ1n) is 5.88. The van der Waals surface area contributed by atoms with Crippen molar-refractivity contribution in [1.82, 2.24) is 20.2 Å². The van der Waals surface area contributed by atoms with Gasteiger partial charge in [-0.1, -0.05) is 6.92 Å². The van der Waals surface area contributed by atoms with E-state index < -0.39 is 0 Å². The van der Waals surface area contributed by atoms with Gasteiger partial charge in [-0.25, -0.2) is 9.97 Å². The minimum atomic E-state index is 0.218. The molecule has 0 aromatic carbocycles. The summed E-state index contributed by atoms with van der Waals surface area (Å²) < 4.78 is 0. The number of hydrogen-bond donors (Lipinski definition) is 2. The van der Waals surface area contributed by atoms with Gasteiger partial charge in [0.1, 0.15) is 12.1 Å². The molecule has 0 radical (unpaired) electrons. The van der Waals surface area contributed by atoms with E-state index in [1.807, 2.05) is 0 Å². The van der Waals surface area contributed by atoms with Crippen LogP contribution in [-0.2, 0) is 0 Å². The summed E-state index contributed by atoms with van der Waals surface area (Å²) in [5.74, 6) is 1.53. The second-order valence-electron chi connectivity index (χ2n) is 4.84. The molecular formula is C11H16N6. The quantitative estimate of drug-likeness (QED) is 0.749. The first-order chi connectivity index (χ1) is 8.24. The Balaban J connectivity index is 2.00. The molecule has 0 aliphatic carbocycles. The highest BCUT2D eigenvalue weighted by Crippen LogP contribution is 2.25. The van der Waals surface area contributed by atoms with Crippen molar-refractivity contribution in [3.05, 3.63) is 12.5 Å². The first kappa shape index (κ1) is 10.5. The van der Waals surface area contributed by atoms with Gasteiger partial charge >= 0.3 is 0 Å². The minimum Gasteiger partial charge on any atom is -0.354 e. The number of rotatable bonds is 1. The molecule has 0 amide bonds. The van der Waals surface area contributed by atoms with Gasteiger partial charge in [0.15, 0.2) is 5.65 Å². The van der Waals surface area contributed by atoms with Crippen LogP contribution in [0.25, 0.3) is 11.0 Å². The Morgan fingerprint density at radius 2 is 2.29 bits per heavy atom.